The number of amides is 1. The van der Waals surface area contributed by atoms with Gasteiger partial charge in [-0.25, -0.2) is 9.37 Å². The predicted molar refractivity (Wildman–Crippen MR) is 139 cm³/mol. The van der Waals surface area contributed by atoms with Gasteiger partial charge in [0.05, 0.1) is 11.1 Å². The van der Waals surface area contributed by atoms with Crippen LogP contribution in [0.2, 0.25) is 0 Å². The van der Waals surface area contributed by atoms with E-state index >= 15 is 0 Å². The first-order chi connectivity index (χ1) is 19.8. The van der Waals surface area contributed by atoms with Gasteiger partial charge in [-0.1, -0.05) is 18.6 Å². The van der Waals surface area contributed by atoms with Crippen LogP contribution in [-0.4, -0.2) is 45.1 Å². The molecule has 42 heavy (non-hydrogen) atoms. The highest BCUT2D eigenvalue weighted by atomic mass is 19.4. The fraction of sp³-hybridized carbons (Fsp3) is 0.552. The summed E-state index contributed by atoms with van der Waals surface area (Å²) in [7, 11) is 0. The maximum absolute atomic E-state index is 13.8. The van der Waals surface area contributed by atoms with Gasteiger partial charge in [0.15, 0.2) is 0 Å². The van der Waals surface area contributed by atoms with Crippen LogP contribution in [0.5, 0.6) is 0 Å². The lowest BCUT2D eigenvalue weighted by molar-refractivity contribution is -0.143. The number of hydrogen-bond acceptors (Lipinski definition) is 4. The maximum atomic E-state index is 13.8. The van der Waals surface area contributed by atoms with E-state index in [9.17, 15) is 35.5 Å². The molecule has 2 N–H and O–H groups in total. The smallest absolute Gasteiger partial charge is 0.351 e. The van der Waals surface area contributed by atoms with Gasteiger partial charge in [-0.3, -0.25) is 9.89 Å². The number of alkyl halides is 6. The summed E-state index contributed by atoms with van der Waals surface area (Å²) in [5.74, 6) is -0.0657. The van der Waals surface area contributed by atoms with Crippen LogP contribution in [0.25, 0.3) is 0 Å². The molecular weight excluding hydrogens is 567 g/mol. The van der Waals surface area contributed by atoms with Gasteiger partial charge in [-0.2, -0.15) is 31.4 Å². The van der Waals surface area contributed by atoms with Crippen LogP contribution in [0.15, 0.2) is 48.1 Å². The summed E-state index contributed by atoms with van der Waals surface area (Å²) in [5.41, 5.74) is -3.08. The molecule has 3 aliphatic rings. The third-order valence-corrected chi connectivity index (χ3v) is 8.93. The van der Waals surface area contributed by atoms with Gasteiger partial charge in [-0.15, -0.1) is 0 Å². The molecule has 1 aromatic carbocycles. The summed E-state index contributed by atoms with van der Waals surface area (Å²) in [6.07, 6.45) is -1.29. The van der Waals surface area contributed by atoms with E-state index in [1.54, 1.807) is 6.08 Å². The Bertz CT molecular complexity index is 1310. The zero-order valence-electron chi connectivity index (χ0n) is 23.0. The molecule has 6 nitrogen and oxygen atoms in total. The quantitative estimate of drug-likeness (QED) is 0.373. The number of allylic oxidation sites excluding steroid dienone is 4. The lowest BCUT2D eigenvalue weighted by atomic mass is 9.81. The monoisotopic (exact) mass is 599 g/mol. The minimum Gasteiger partial charge on any atom is -0.351 e. The Morgan fingerprint density at radius 1 is 1.05 bits per heavy atom. The summed E-state index contributed by atoms with van der Waals surface area (Å²) in [6, 6.07) is 1.33. The van der Waals surface area contributed by atoms with Crippen molar-refractivity contribution in [2.45, 2.75) is 75.8 Å². The summed E-state index contributed by atoms with van der Waals surface area (Å²) < 4.78 is 93.7. The largest absolute Gasteiger partial charge is 0.416 e. The average molecular weight is 600 g/mol. The van der Waals surface area contributed by atoms with Crippen molar-refractivity contribution in [2.24, 2.45) is 11.8 Å². The molecule has 1 saturated carbocycles. The molecule has 3 unspecified atom stereocenters. The molecule has 13 heteroatoms. The molecule has 1 aromatic heterocycles. The number of likely N-dealkylation sites (tertiary alicyclic amines) is 1. The zero-order valence-corrected chi connectivity index (χ0v) is 23.0. The standard InChI is InChI=1S/C29H32F7N5O/c1-17-10-20(2-3-24(17)30)19-5-8-41(9-6-19)23-4-7-27(14-23,25-38-16-39-40-25)26(42)37-15-18-11-21(28(31,32)33)13-22(12-18)29(34,35)36/h2-3,11-13,16-17,19,23H,4-10,14-15H2,1H3,(H,37,42)(H,38,39,40). The number of nitrogens with zero attached hydrogens (tertiary/aromatic N) is 3. The Kier molecular flexibility index (Phi) is 8.25. The van der Waals surface area contributed by atoms with Gasteiger partial charge >= 0.3 is 12.4 Å². The fourth-order valence-electron chi connectivity index (χ4n) is 6.58. The third kappa shape index (κ3) is 6.25. The van der Waals surface area contributed by atoms with Crippen molar-refractivity contribution >= 4 is 5.91 Å². The van der Waals surface area contributed by atoms with E-state index in [-0.39, 0.29) is 29.4 Å². The molecule has 2 fully saturated rings. The number of piperidine rings is 1. The summed E-state index contributed by atoms with van der Waals surface area (Å²) >= 11 is 0. The average Bonchev–Trinajstić information content (AvgIpc) is 3.64. The summed E-state index contributed by atoms with van der Waals surface area (Å²) in [6.45, 7) is 2.96. The Morgan fingerprint density at radius 3 is 2.29 bits per heavy atom. The molecule has 2 aliphatic carbocycles. The second-order valence-corrected chi connectivity index (χ2v) is 11.6. The minimum atomic E-state index is -4.98. The van der Waals surface area contributed by atoms with Gasteiger partial charge in [0.1, 0.15) is 23.4 Å². The molecule has 3 atom stereocenters. The number of benzene rings is 1. The lowest BCUT2D eigenvalue weighted by Crippen LogP contribution is -2.46. The van der Waals surface area contributed by atoms with Crippen molar-refractivity contribution in [1.29, 1.82) is 0 Å². The number of halogens is 7. The lowest BCUT2D eigenvalue weighted by Gasteiger charge is -2.38. The van der Waals surface area contributed by atoms with E-state index in [2.05, 4.69) is 25.4 Å². The van der Waals surface area contributed by atoms with Crippen molar-refractivity contribution in [3.8, 4) is 0 Å². The first kappa shape index (κ1) is 30.2. The topological polar surface area (TPSA) is 73.9 Å². The van der Waals surface area contributed by atoms with Crippen LogP contribution in [0.3, 0.4) is 0 Å². The molecule has 0 spiro atoms. The first-order valence-electron chi connectivity index (χ1n) is 14.0. The molecule has 228 valence electrons. The fourth-order valence-corrected chi connectivity index (χ4v) is 6.58. The van der Waals surface area contributed by atoms with Crippen LogP contribution in [0.4, 0.5) is 30.7 Å². The first-order valence-corrected chi connectivity index (χ1v) is 14.0. The third-order valence-electron chi connectivity index (χ3n) is 8.93. The van der Waals surface area contributed by atoms with E-state index in [1.807, 2.05) is 13.0 Å². The Hall–Kier alpha value is -3.22. The molecule has 1 aliphatic heterocycles. The van der Waals surface area contributed by atoms with E-state index in [4.69, 9.17) is 0 Å². The number of nitrogens with one attached hydrogen (secondary N) is 2. The van der Waals surface area contributed by atoms with Crippen molar-refractivity contribution in [1.82, 2.24) is 25.4 Å². The van der Waals surface area contributed by atoms with Gasteiger partial charge < -0.3 is 10.2 Å². The van der Waals surface area contributed by atoms with E-state index in [0.29, 0.717) is 49.6 Å². The highest BCUT2D eigenvalue weighted by Gasteiger charge is 2.50. The van der Waals surface area contributed by atoms with Crippen LogP contribution >= 0.6 is 0 Å². The van der Waals surface area contributed by atoms with Gasteiger partial charge in [0.2, 0.25) is 5.91 Å². The SMILES string of the molecule is CC1CC(C2CCN(C3CCC(C(=O)NCc4cc(C(F)(F)F)cc(C(F)(F)F)c4)(c4ncn[nH]4)C3)CC2)=CC=C1F. The number of rotatable bonds is 6. The Balaban J connectivity index is 1.28. The van der Waals surface area contributed by atoms with Gasteiger partial charge in [0.25, 0.3) is 0 Å². The van der Waals surface area contributed by atoms with Crippen molar-refractivity contribution in [3.63, 3.8) is 0 Å². The second-order valence-electron chi connectivity index (χ2n) is 11.6. The molecule has 2 heterocycles. The summed E-state index contributed by atoms with van der Waals surface area (Å²) in [4.78, 5) is 20.2. The summed E-state index contributed by atoms with van der Waals surface area (Å²) in [5, 5.41) is 9.22. The van der Waals surface area contributed by atoms with E-state index in [0.717, 1.165) is 25.9 Å². The Morgan fingerprint density at radius 2 is 1.71 bits per heavy atom. The van der Waals surface area contributed by atoms with Crippen LogP contribution in [0, 0.1) is 11.8 Å². The molecule has 2 aromatic rings. The number of carbonyl (C=O) groups excluding carboxylic acids is 1. The number of carbonyl (C=O) groups is 1. The molecule has 1 amide bonds. The van der Waals surface area contributed by atoms with Crippen molar-refractivity contribution < 1.29 is 35.5 Å². The van der Waals surface area contributed by atoms with Crippen LogP contribution in [-0.2, 0) is 29.1 Å². The minimum absolute atomic E-state index is 0.0313. The number of H-pyrrole nitrogens is 1. The number of aromatic amines is 1. The molecule has 0 bridgehead atoms. The van der Waals surface area contributed by atoms with Crippen LogP contribution < -0.4 is 5.32 Å². The molecular formula is C29H32F7N5O. The predicted octanol–water partition coefficient (Wildman–Crippen LogP) is 6.48. The van der Waals surface area contributed by atoms with Crippen LogP contribution in [0.1, 0.15) is 68.0 Å². The molecule has 0 radical (unpaired) electrons. The molecule has 1 saturated heterocycles. The zero-order chi connectivity index (χ0) is 30.3. The normalized spacial score (nSPS) is 26.2. The van der Waals surface area contributed by atoms with E-state index in [1.165, 1.54) is 11.9 Å². The van der Waals surface area contributed by atoms with Gasteiger partial charge in [0, 0.05) is 18.5 Å². The number of aromatic nitrogens is 3. The second kappa shape index (κ2) is 11.5. The maximum Gasteiger partial charge on any atom is 0.416 e. The van der Waals surface area contributed by atoms with Crippen molar-refractivity contribution in [2.75, 3.05) is 13.1 Å². The molecule has 5 rings (SSSR count). The Labute approximate surface area is 238 Å². The highest BCUT2D eigenvalue weighted by molar-refractivity contribution is 5.87. The highest BCUT2D eigenvalue weighted by Crippen LogP contribution is 2.44. The van der Waals surface area contributed by atoms with Crippen molar-refractivity contribution in [3.05, 3.63) is 70.6 Å². The van der Waals surface area contributed by atoms with Gasteiger partial charge in [-0.05, 0) is 87.4 Å². The van der Waals surface area contributed by atoms with E-state index < -0.39 is 41.3 Å². The number of hydrogen-bond donors (Lipinski definition) is 2.